The van der Waals surface area contributed by atoms with Crippen molar-refractivity contribution < 1.29 is 4.79 Å². The van der Waals surface area contributed by atoms with E-state index in [2.05, 4.69) is 0 Å². The summed E-state index contributed by atoms with van der Waals surface area (Å²) < 4.78 is 0. The Bertz CT molecular complexity index is 530. The average molecular weight is 224 g/mol. The van der Waals surface area contributed by atoms with Gasteiger partial charge in [-0.05, 0) is 31.9 Å². The van der Waals surface area contributed by atoms with Crippen molar-refractivity contribution in [2.24, 2.45) is 0 Å². The lowest BCUT2D eigenvalue weighted by atomic mass is 9.94. The Kier molecular flexibility index (Phi) is 3.10. The van der Waals surface area contributed by atoms with E-state index in [1.807, 2.05) is 63.2 Å². The van der Waals surface area contributed by atoms with Crippen molar-refractivity contribution in [2.45, 2.75) is 20.8 Å². The fourth-order valence-corrected chi connectivity index (χ4v) is 2.02. The first kappa shape index (κ1) is 11.6. The second-order valence-corrected chi connectivity index (χ2v) is 4.46. The van der Waals surface area contributed by atoms with Crippen LogP contribution in [0.3, 0.4) is 0 Å². The molecule has 0 aliphatic carbocycles. The zero-order chi connectivity index (χ0) is 12.4. The van der Waals surface area contributed by atoms with Crippen molar-refractivity contribution in [3.63, 3.8) is 0 Å². The Balaban J connectivity index is 2.47. The lowest BCUT2D eigenvalue weighted by Crippen LogP contribution is -2.06. The molecule has 2 rings (SSSR count). The summed E-state index contributed by atoms with van der Waals surface area (Å²) in [6.07, 6.45) is 0. The van der Waals surface area contributed by atoms with E-state index in [-0.39, 0.29) is 5.78 Å². The normalized spacial score (nSPS) is 10.3. The number of carbonyl (C=O) groups is 1. The summed E-state index contributed by atoms with van der Waals surface area (Å²) in [6, 6.07) is 13.7. The van der Waals surface area contributed by atoms with E-state index in [4.69, 9.17) is 0 Å². The molecule has 0 aliphatic rings. The van der Waals surface area contributed by atoms with Crippen LogP contribution in [0, 0.1) is 20.8 Å². The Morgan fingerprint density at radius 1 is 0.824 bits per heavy atom. The molecule has 2 aromatic carbocycles. The van der Waals surface area contributed by atoms with Gasteiger partial charge < -0.3 is 0 Å². The minimum Gasteiger partial charge on any atom is -0.289 e. The highest BCUT2D eigenvalue weighted by atomic mass is 16.1. The van der Waals surface area contributed by atoms with Gasteiger partial charge in [-0.3, -0.25) is 4.79 Å². The molecule has 0 saturated heterocycles. The summed E-state index contributed by atoms with van der Waals surface area (Å²) in [4.78, 5) is 12.4. The molecule has 0 amide bonds. The predicted octanol–water partition coefficient (Wildman–Crippen LogP) is 3.84. The third-order valence-electron chi connectivity index (χ3n) is 3.02. The minimum absolute atomic E-state index is 0.112. The summed E-state index contributed by atoms with van der Waals surface area (Å²) in [5, 5.41) is 0. The molecule has 0 unspecified atom stereocenters. The molecule has 1 nitrogen and oxygen atoms in total. The van der Waals surface area contributed by atoms with Gasteiger partial charge in [0.15, 0.2) is 5.78 Å². The van der Waals surface area contributed by atoms with Crippen LogP contribution in [0.1, 0.15) is 32.6 Å². The van der Waals surface area contributed by atoms with Crippen molar-refractivity contribution in [3.8, 4) is 0 Å². The minimum atomic E-state index is 0.112. The van der Waals surface area contributed by atoms with Crippen LogP contribution in [0.5, 0.6) is 0 Å². The van der Waals surface area contributed by atoms with Crippen molar-refractivity contribution in [1.82, 2.24) is 0 Å². The van der Waals surface area contributed by atoms with Crippen LogP contribution in [-0.4, -0.2) is 5.78 Å². The molecular formula is C16H16O. The number of hydrogen-bond donors (Lipinski definition) is 0. The summed E-state index contributed by atoms with van der Waals surface area (Å²) in [5.74, 6) is 0.112. The van der Waals surface area contributed by atoms with Crippen LogP contribution in [-0.2, 0) is 0 Å². The summed E-state index contributed by atoms with van der Waals surface area (Å²) in [7, 11) is 0. The maximum absolute atomic E-state index is 12.4. The zero-order valence-electron chi connectivity index (χ0n) is 10.4. The van der Waals surface area contributed by atoms with Gasteiger partial charge in [0, 0.05) is 11.1 Å². The van der Waals surface area contributed by atoms with Gasteiger partial charge in [-0.2, -0.15) is 0 Å². The molecule has 0 radical (unpaired) electrons. The number of benzene rings is 2. The average Bonchev–Trinajstić information content (AvgIpc) is 2.29. The molecule has 0 fully saturated rings. The first-order chi connectivity index (χ1) is 8.09. The van der Waals surface area contributed by atoms with Gasteiger partial charge in [-0.15, -0.1) is 0 Å². The Morgan fingerprint density at radius 2 is 1.35 bits per heavy atom. The summed E-state index contributed by atoms with van der Waals surface area (Å²) in [5.41, 5.74) is 4.83. The monoisotopic (exact) mass is 224 g/mol. The van der Waals surface area contributed by atoms with Crippen molar-refractivity contribution >= 4 is 5.78 Å². The van der Waals surface area contributed by atoms with Crippen LogP contribution in [0.25, 0.3) is 0 Å². The largest absolute Gasteiger partial charge is 0.289 e. The van der Waals surface area contributed by atoms with Crippen molar-refractivity contribution in [1.29, 1.82) is 0 Å². The molecule has 17 heavy (non-hydrogen) atoms. The van der Waals surface area contributed by atoms with Gasteiger partial charge in [0.1, 0.15) is 0 Å². The highest BCUT2D eigenvalue weighted by Gasteiger charge is 2.13. The van der Waals surface area contributed by atoms with Gasteiger partial charge in [-0.25, -0.2) is 0 Å². The lowest BCUT2D eigenvalue weighted by Gasteiger charge is -2.08. The fourth-order valence-electron chi connectivity index (χ4n) is 2.02. The highest BCUT2D eigenvalue weighted by Crippen LogP contribution is 2.18. The Morgan fingerprint density at radius 3 is 1.88 bits per heavy atom. The van der Waals surface area contributed by atoms with Gasteiger partial charge in [0.2, 0.25) is 0 Å². The Labute approximate surface area is 102 Å². The topological polar surface area (TPSA) is 17.1 Å². The van der Waals surface area contributed by atoms with E-state index in [1.165, 1.54) is 5.56 Å². The number of aryl methyl sites for hydroxylation is 3. The molecule has 1 heteroatoms. The molecule has 0 spiro atoms. The molecule has 0 aromatic heterocycles. The van der Waals surface area contributed by atoms with E-state index < -0.39 is 0 Å². The van der Waals surface area contributed by atoms with Crippen molar-refractivity contribution in [3.05, 3.63) is 70.3 Å². The van der Waals surface area contributed by atoms with Crippen LogP contribution in [0.15, 0.2) is 42.5 Å². The Hall–Kier alpha value is -1.89. The number of carbonyl (C=O) groups excluding carboxylic acids is 1. The highest BCUT2D eigenvalue weighted by molar-refractivity contribution is 6.10. The second kappa shape index (κ2) is 4.54. The molecule has 2 aromatic rings. The molecule has 0 heterocycles. The first-order valence-corrected chi connectivity index (χ1v) is 5.77. The van der Waals surface area contributed by atoms with Crippen LogP contribution in [0.2, 0.25) is 0 Å². The van der Waals surface area contributed by atoms with E-state index in [1.54, 1.807) is 0 Å². The number of rotatable bonds is 2. The third-order valence-corrected chi connectivity index (χ3v) is 3.02. The molecule has 0 N–H and O–H groups in total. The SMILES string of the molecule is Cc1ccc(C(=O)c2c(C)cccc2C)cc1. The second-order valence-electron chi connectivity index (χ2n) is 4.46. The van der Waals surface area contributed by atoms with E-state index in [0.29, 0.717) is 0 Å². The number of hydrogen-bond acceptors (Lipinski definition) is 1. The molecule has 0 saturated carbocycles. The van der Waals surface area contributed by atoms with Gasteiger partial charge in [0.05, 0.1) is 0 Å². The zero-order valence-corrected chi connectivity index (χ0v) is 10.4. The predicted molar refractivity (Wildman–Crippen MR) is 70.5 cm³/mol. The third kappa shape index (κ3) is 2.28. The lowest BCUT2D eigenvalue weighted by molar-refractivity contribution is 0.103. The maximum Gasteiger partial charge on any atom is 0.193 e. The van der Waals surface area contributed by atoms with Gasteiger partial charge in [0.25, 0.3) is 0 Å². The summed E-state index contributed by atoms with van der Waals surface area (Å²) in [6.45, 7) is 5.98. The molecule has 0 aliphatic heterocycles. The van der Waals surface area contributed by atoms with Crippen LogP contribution >= 0.6 is 0 Å². The molecule has 0 atom stereocenters. The first-order valence-electron chi connectivity index (χ1n) is 5.77. The standard InChI is InChI=1S/C16H16O/c1-11-7-9-14(10-8-11)16(17)15-12(2)5-4-6-13(15)3/h4-10H,1-3H3. The maximum atomic E-state index is 12.4. The van der Waals surface area contributed by atoms with Gasteiger partial charge >= 0.3 is 0 Å². The molecular weight excluding hydrogens is 208 g/mol. The van der Waals surface area contributed by atoms with E-state index >= 15 is 0 Å². The quantitative estimate of drug-likeness (QED) is 0.708. The van der Waals surface area contributed by atoms with Crippen LogP contribution in [0.4, 0.5) is 0 Å². The molecule has 86 valence electrons. The van der Waals surface area contributed by atoms with Crippen molar-refractivity contribution in [2.75, 3.05) is 0 Å². The molecule has 0 bridgehead atoms. The number of ketones is 1. The smallest absolute Gasteiger partial charge is 0.193 e. The van der Waals surface area contributed by atoms with E-state index in [0.717, 1.165) is 22.3 Å². The van der Waals surface area contributed by atoms with Gasteiger partial charge in [-0.1, -0.05) is 48.0 Å². The van der Waals surface area contributed by atoms with Crippen LogP contribution < -0.4 is 0 Å². The van der Waals surface area contributed by atoms with E-state index in [9.17, 15) is 4.79 Å². The summed E-state index contributed by atoms with van der Waals surface area (Å²) >= 11 is 0. The fraction of sp³-hybridized carbons (Fsp3) is 0.188.